The van der Waals surface area contributed by atoms with Crippen LogP contribution in [0.3, 0.4) is 0 Å². The third kappa shape index (κ3) is 2.53. The van der Waals surface area contributed by atoms with Crippen molar-refractivity contribution in [2.24, 2.45) is 0 Å². The molecule has 1 spiro atoms. The molecule has 0 amide bonds. The molecule has 5 nitrogen and oxygen atoms in total. The Morgan fingerprint density at radius 3 is 2.62 bits per heavy atom. The summed E-state index contributed by atoms with van der Waals surface area (Å²) < 4.78 is 7.40. The van der Waals surface area contributed by atoms with E-state index < -0.39 is 11.4 Å². The predicted octanol–water partition coefficient (Wildman–Crippen LogP) is 4.09. The topological polar surface area (TPSA) is 68.5 Å². The van der Waals surface area contributed by atoms with E-state index in [1.807, 2.05) is 16.7 Å². The molecule has 0 radical (unpaired) electrons. The minimum atomic E-state index is -1.19. The highest BCUT2D eigenvalue weighted by Crippen LogP contribution is 2.47. The first-order valence-electron chi connectivity index (χ1n) is 8.82. The number of fused-ring (bicyclic) bond motifs is 4. The molecule has 6 heteroatoms. The standard InChI is InChI=1S/C20H20ClNO4/c1-26-18-7-12-10-20(5-3-2-4-6-20)22-11-14(19(24)25)17(23)9-16(22)13(12)8-15(18)21/h7-9,11H,2-6,10H2,1H3,(H,24,25). The number of pyridine rings is 1. The van der Waals surface area contributed by atoms with Gasteiger partial charge in [-0.05, 0) is 37.0 Å². The maximum absolute atomic E-state index is 12.4. The highest BCUT2D eigenvalue weighted by atomic mass is 35.5. The molecule has 1 aliphatic carbocycles. The number of ether oxygens (including phenoxy) is 1. The van der Waals surface area contributed by atoms with Crippen LogP contribution in [0.4, 0.5) is 0 Å². The quantitative estimate of drug-likeness (QED) is 0.860. The summed E-state index contributed by atoms with van der Waals surface area (Å²) in [6.45, 7) is 0. The number of aromatic nitrogens is 1. The van der Waals surface area contributed by atoms with Crippen molar-refractivity contribution in [1.82, 2.24) is 4.57 Å². The molecular formula is C20H20ClNO4. The summed E-state index contributed by atoms with van der Waals surface area (Å²) in [6.07, 6.45) is 7.61. The van der Waals surface area contributed by atoms with Crippen molar-refractivity contribution in [1.29, 1.82) is 0 Å². The number of carboxylic acid groups (broad SMARTS) is 1. The number of carbonyl (C=O) groups is 1. The Kier molecular flexibility index (Phi) is 4.07. The van der Waals surface area contributed by atoms with Crippen molar-refractivity contribution in [2.75, 3.05) is 7.11 Å². The third-order valence-corrected chi connectivity index (χ3v) is 6.05. The zero-order valence-electron chi connectivity index (χ0n) is 14.5. The molecule has 136 valence electrons. The van der Waals surface area contributed by atoms with E-state index in [9.17, 15) is 14.7 Å². The van der Waals surface area contributed by atoms with E-state index in [0.29, 0.717) is 10.8 Å². The summed E-state index contributed by atoms with van der Waals surface area (Å²) in [7, 11) is 1.59. The second-order valence-corrected chi connectivity index (χ2v) is 7.62. The molecule has 1 fully saturated rings. The molecule has 1 aliphatic heterocycles. The maximum atomic E-state index is 12.4. The van der Waals surface area contributed by atoms with E-state index >= 15 is 0 Å². The lowest BCUT2D eigenvalue weighted by atomic mass is 9.73. The maximum Gasteiger partial charge on any atom is 0.341 e. The van der Waals surface area contributed by atoms with Crippen molar-refractivity contribution in [3.8, 4) is 17.0 Å². The molecule has 4 rings (SSSR count). The molecule has 1 aromatic carbocycles. The Morgan fingerprint density at radius 1 is 1.23 bits per heavy atom. The van der Waals surface area contributed by atoms with Gasteiger partial charge in [0.15, 0.2) is 5.43 Å². The zero-order chi connectivity index (χ0) is 18.5. The number of methoxy groups -OCH3 is 1. The molecule has 1 aromatic heterocycles. The number of rotatable bonds is 2. The van der Waals surface area contributed by atoms with Gasteiger partial charge in [-0.1, -0.05) is 30.9 Å². The van der Waals surface area contributed by atoms with Crippen LogP contribution in [0.15, 0.2) is 29.2 Å². The van der Waals surface area contributed by atoms with E-state index in [1.54, 1.807) is 7.11 Å². The first-order chi connectivity index (χ1) is 12.4. The number of hydrogen-bond acceptors (Lipinski definition) is 3. The Labute approximate surface area is 156 Å². The minimum absolute atomic E-state index is 0.179. The average Bonchev–Trinajstić information content (AvgIpc) is 2.62. The van der Waals surface area contributed by atoms with Crippen LogP contribution in [-0.4, -0.2) is 22.8 Å². The average molecular weight is 374 g/mol. The smallest absolute Gasteiger partial charge is 0.341 e. The SMILES string of the molecule is COc1cc2c(cc1Cl)-c1cc(=O)c(C(=O)O)cn1C1(CCCCC1)C2. The fraction of sp³-hybridized carbons (Fsp3) is 0.400. The van der Waals surface area contributed by atoms with Crippen LogP contribution < -0.4 is 10.2 Å². The number of carboxylic acids is 1. The molecule has 0 bridgehead atoms. The summed E-state index contributed by atoms with van der Waals surface area (Å²) in [4.78, 5) is 23.9. The van der Waals surface area contributed by atoms with Crippen molar-refractivity contribution in [2.45, 2.75) is 44.1 Å². The minimum Gasteiger partial charge on any atom is -0.495 e. The highest BCUT2D eigenvalue weighted by Gasteiger charge is 2.40. The third-order valence-electron chi connectivity index (χ3n) is 5.75. The fourth-order valence-electron chi connectivity index (χ4n) is 4.50. The van der Waals surface area contributed by atoms with Gasteiger partial charge in [0.2, 0.25) is 0 Å². The lowest BCUT2D eigenvalue weighted by molar-refractivity contribution is 0.0693. The van der Waals surface area contributed by atoms with Crippen molar-refractivity contribution in [3.05, 3.63) is 50.8 Å². The van der Waals surface area contributed by atoms with E-state index in [1.165, 1.54) is 18.7 Å². The summed E-state index contributed by atoms with van der Waals surface area (Å²) in [6, 6.07) is 5.21. The normalized spacial score (nSPS) is 17.5. The van der Waals surface area contributed by atoms with Gasteiger partial charge >= 0.3 is 5.97 Å². The first-order valence-corrected chi connectivity index (χ1v) is 9.20. The van der Waals surface area contributed by atoms with Gasteiger partial charge < -0.3 is 14.4 Å². The van der Waals surface area contributed by atoms with Gasteiger partial charge in [-0.15, -0.1) is 0 Å². The van der Waals surface area contributed by atoms with Gasteiger partial charge in [0, 0.05) is 23.4 Å². The number of aromatic carboxylic acids is 1. The first kappa shape index (κ1) is 17.2. The molecule has 0 unspecified atom stereocenters. The Bertz CT molecular complexity index is 957. The summed E-state index contributed by atoms with van der Waals surface area (Å²) >= 11 is 6.32. The molecule has 2 aromatic rings. The summed E-state index contributed by atoms with van der Waals surface area (Å²) in [5, 5.41) is 9.89. The Hall–Kier alpha value is -2.27. The van der Waals surface area contributed by atoms with Crippen LogP contribution in [0.2, 0.25) is 5.02 Å². The Morgan fingerprint density at radius 2 is 1.96 bits per heavy atom. The molecule has 2 heterocycles. The van der Waals surface area contributed by atoms with E-state index in [4.69, 9.17) is 16.3 Å². The number of benzene rings is 1. The van der Waals surface area contributed by atoms with Crippen molar-refractivity contribution >= 4 is 17.6 Å². The van der Waals surface area contributed by atoms with E-state index in [2.05, 4.69) is 0 Å². The second-order valence-electron chi connectivity index (χ2n) is 7.22. The predicted molar refractivity (Wildman–Crippen MR) is 99.4 cm³/mol. The van der Waals surface area contributed by atoms with Gasteiger partial charge in [0.25, 0.3) is 0 Å². The van der Waals surface area contributed by atoms with Crippen LogP contribution in [0.5, 0.6) is 5.75 Å². The summed E-state index contributed by atoms with van der Waals surface area (Å²) in [5.74, 6) is -0.566. The lowest BCUT2D eigenvalue weighted by Gasteiger charge is -2.45. The largest absolute Gasteiger partial charge is 0.495 e. The van der Waals surface area contributed by atoms with Crippen LogP contribution >= 0.6 is 11.6 Å². The van der Waals surface area contributed by atoms with Gasteiger partial charge in [-0.3, -0.25) is 4.79 Å². The molecule has 1 N–H and O–H groups in total. The van der Waals surface area contributed by atoms with Crippen LogP contribution in [0.25, 0.3) is 11.3 Å². The second kappa shape index (κ2) is 6.16. The van der Waals surface area contributed by atoms with Crippen LogP contribution in [0, 0.1) is 0 Å². The van der Waals surface area contributed by atoms with E-state index in [-0.39, 0.29) is 11.1 Å². The number of halogens is 1. The zero-order valence-corrected chi connectivity index (χ0v) is 15.3. The van der Waals surface area contributed by atoms with Gasteiger partial charge in [0.05, 0.1) is 17.8 Å². The molecule has 1 saturated carbocycles. The van der Waals surface area contributed by atoms with Crippen molar-refractivity contribution < 1.29 is 14.6 Å². The molecular weight excluding hydrogens is 354 g/mol. The summed E-state index contributed by atoms with van der Waals surface area (Å²) in [5.41, 5.74) is 1.86. The van der Waals surface area contributed by atoms with Crippen LogP contribution in [-0.2, 0) is 12.0 Å². The van der Waals surface area contributed by atoms with E-state index in [0.717, 1.165) is 48.9 Å². The molecule has 2 aliphatic rings. The Balaban J connectivity index is 2.01. The van der Waals surface area contributed by atoms with Gasteiger partial charge in [-0.25, -0.2) is 4.79 Å². The monoisotopic (exact) mass is 373 g/mol. The highest BCUT2D eigenvalue weighted by molar-refractivity contribution is 6.32. The fourth-order valence-corrected chi connectivity index (χ4v) is 4.74. The molecule has 26 heavy (non-hydrogen) atoms. The number of nitrogens with zero attached hydrogens (tertiary/aromatic N) is 1. The van der Waals surface area contributed by atoms with Gasteiger partial charge in [-0.2, -0.15) is 0 Å². The number of hydrogen-bond donors (Lipinski definition) is 1. The van der Waals surface area contributed by atoms with Crippen LogP contribution in [0.1, 0.15) is 48.0 Å². The van der Waals surface area contributed by atoms with Crippen molar-refractivity contribution in [3.63, 3.8) is 0 Å². The van der Waals surface area contributed by atoms with Gasteiger partial charge in [0.1, 0.15) is 11.3 Å². The molecule has 0 saturated heterocycles. The molecule has 0 atom stereocenters. The lowest BCUT2D eigenvalue weighted by Crippen LogP contribution is -2.42.